The van der Waals surface area contributed by atoms with E-state index in [2.05, 4.69) is 25.5 Å². The van der Waals surface area contributed by atoms with Crippen LogP contribution in [-0.4, -0.2) is 46.0 Å². The average molecular weight is 543 g/mol. The number of para-hydroxylation sites is 2. The molecule has 0 saturated heterocycles. The van der Waals surface area contributed by atoms with E-state index >= 15 is 0 Å². The van der Waals surface area contributed by atoms with Gasteiger partial charge >= 0.3 is 5.69 Å². The monoisotopic (exact) mass is 542 g/mol. The van der Waals surface area contributed by atoms with E-state index in [1.54, 1.807) is 42.3 Å². The number of fused-ring (bicyclic) bond motifs is 1. The molecule has 4 heterocycles. The van der Waals surface area contributed by atoms with Crippen molar-refractivity contribution >= 4 is 28.5 Å². The molecular weight excluding hydrogens is 516 g/mol. The largest absolute Gasteiger partial charge is 0.349 e. The molecule has 39 heavy (non-hydrogen) atoms. The first kappa shape index (κ1) is 25.0. The zero-order valence-corrected chi connectivity index (χ0v) is 22.1. The van der Waals surface area contributed by atoms with E-state index in [1.165, 1.54) is 4.80 Å². The minimum absolute atomic E-state index is 0.0799. The van der Waals surface area contributed by atoms with Gasteiger partial charge in [0.1, 0.15) is 0 Å². The third kappa shape index (κ3) is 4.95. The summed E-state index contributed by atoms with van der Waals surface area (Å²) in [6, 6.07) is 13.2. The normalized spacial score (nSPS) is 17.4. The molecule has 1 N–H and O–H groups in total. The van der Waals surface area contributed by atoms with Gasteiger partial charge in [0, 0.05) is 31.0 Å². The first-order valence-corrected chi connectivity index (χ1v) is 13.3. The van der Waals surface area contributed by atoms with E-state index in [0.29, 0.717) is 40.2 Å². The van der Waals surface area contributed by atoms with Gasteiger partial charge in [0.15, 0.2) is 5.82 Å². The highest BCUT2D eigenvalue weighted by molar-refractivity contribution is 6.30. The molecule has 0 bridgehead atoms. The molecule has 1 aliphatic carbocycles. The Morgan fingerprint density at radius 3 is 2.51 bits per heavy atom. The second kappa shape index (κ2) is 10.5. The number of halogens is 1. The summed E-state index contributed by atoms with van der Waals surface area (Å²) in [7, 11) is 0. The molecule has 0 unspecified atom stereocenters. The second-order valence-electron chi connectivity index (χ2n) is 9.89. The van der Waals surface area contributed by atoms with Crippen LogP contribution in [0.5, 0.6) is 0 Å². The van der Waals surface area contributed by atoms with Crippen molar-refractivity contribution in [3.8, 4) is 11.5 Å². The Hall–Kier alpha value is -4.31. The summed E-state index contributed by atoms with van der Waals surface area (Å²) in [5, 5.41) is 11.9. The lowest BCUT2D eigenvalue weighted by Gasteiger charge is -2.29. The quantitative estimate of drug-likeness (QED) is 0.345. The Morgan fingerprint density at radius 2 is 1.74 bits per heavy atom. The zero-order chi connectivity index (χ0) is 26.9. The molecule has 1 amide bonds. The van der Waals surface area contributed by atoms with Gasteiger partial charge in [-0.2, -0.15) is 10.2 Å². The van der Waals surface area contributed by atoms with Crippen LogP contribution in [0.3, 0.4) is 0 Å². The first-order chi connectivity index (χ1) is 19.0. The summed E-state index contributed by atoms with van der Waals surface area (Å²) in [6.07, 6.45) is 9.89. The van der Waals surface area contributed by atoms with E-state index < -0.39 is 0 Å². The van der Waals surface area contributed by atoms with Crippen molar-refractivity contribution in [2.75, 3.05) is 0 Å². The lowest BCUT2D eigenvalue weighted by Crippen LogP contribution is -2.39. The van der Waals surface area contributed by atoms with Crippen LogP contribution in [0.4, 0.5) is 0 Å². The lowest BCUT2D eigenvalue weighted by molar-refractivity contribution is 0.0919. The number of amides is 1. The summed E-state index contributed by atoms with van der Waals surface area (Å²) >= 11 is 6.04. The van der Waals surface area contributed by atoms with Crippen LogP contribution < -0.4 is 11.0 Å². The molecular formula is C28H27ClN8O2. The fourth-order valence-corrected chi connectivity index (χ4v) is 5.53. The number of rotatable bonds is 6. The van der Waals surface area contributed by atoms with Gasteiger partial charge in [0.2, 0.25) is 0 Å². The summed E-state index contributed by atoms with van der Waals surface area (Å²) in [5.41, 5.74) is 3.49. The van der Waals surface area contributed by atoms with Crippen molar-refractivity contribution in [1.29, 1.82) is 0 Å². The van der Waals surface area contributed by atoms with Crippen molar-refractivity contribution in [3.63, 3.8) is 0 Å². The Morgan fingerprint density at radius 1 is 1.00 bits per heavy atom. The highest BCUT2D eigenvalue weighted by atomic mass is 35.5. The highest BCUT2D eigenvalue weighted by Crippen LogP contribution is 2.28. The standard InChI is InChI=1S/C28H27ClN8O2/c1-18-23(14-20(29)16-31-18)27(38)34-21-8-6-19(7-9-21)17-35-24-4-2-3-5-25(24)36(28(35)39)22-10-11-30-26(15-22)37-32-12-13-33-37/h2-5,10-16,19,21H,6-9,17H2,1H3,(H,34,38)/t19-,21-. The molecule has 1 aromatic carbocycles. The number of carbonyl (C=O) groups excluding carboxylic acids is 1. The van der Waals surface area contributed by atoms with Gasteiger partial charge in [-0.05, 0) is 62.8 Å². The van der Waals surface area contributed by atoms with Gasteiger partial charge in [0.05, 0.1) is 45.4 Å². The molecule has 1 aliphatic rings. The van der Waals surface area contributed by atoms with Crippen LogP contribution in [0, 0.1) is 12.8 Å². The van der Waals surface area contributed by atoms with Crippen LogP contribution in [0.15, 0.2) is 72.0 Å². The van der Waals surface area contributed by atoms with Gasteiger partial charge in [-0.25, -0.2) is 9.78 Å². The second-order valence-corrected chi connectivity index (χ2v) is 10.3. The number of hydrogen-bond acceptors (Lipinski definition) is 6. The lowest BCUT2D eigenvalue weighted by atomic mass is 9.85. The highest BCUT2D eigenvalue weighted by Gasteiger charge is 2.26. The molecule has 0 aliphatic heterocycles. The minimum atomic E-state index is -0.146. The van der Waals surface area contributed by atoms with Gasteiger partial charge in [0.25, 0.3) is 5.91 Å². The molecule has 5 aromatic rings. The molecule has 10 nitrogen and oxygen atoms in total. The molecule has 6 rings (SSSR count). The third-order valence-electron chi connectivity index (χ3n) is 7.37. The summed E-state index contributed by atoms with van der Waals surface area (Å²) in [5.74, 6) is 0.712. The van der Waals surface area contributed by atoms with Crippen molar-refractivity contribution in [2.24, 2.45) is 5.92 Å². The molecule has 0 spiro atoms. The summed E-state index contributed by atoms with van der Waals surface area (Å²) in [6.45, 7) is 2.42. The number of imidazole rings is 1. The Kier molecular flexibility index (Phi) is 6.70. The maximum absolute atomic E-state index is 13.8. The predicted molar refractivity (Wildman–Crippen MR) is 147 cm³/mol. The van der Waals surface area contributed by atoms with Crippen LogP contribution in [0.25, 0.3) is 22.5 Å². The van der Waals surface area contributed by atoms with E-state index in [4.69, 9.17) is 11.6 Å². The number of pyridine rings is 2. The number of nitrogens with one attached hydrogen (secondary N) is 1. The number of benzene rings is 1. The Balaban J connectivity index is 1.20. The SMILES string of the molecule is Cc1ncc(Cl)cc1C(=O)N[C@H]1CC[C@H](Cn2c(=O)n(-c3ccnc(-n4nccn4)c3)c3ccccc32)CC1. The van der Waals surface area contributed by atoms with Crippen LogP contribution in [0.2, 0.25) is 5.02 Å². The van der Waals surface area contributed by atoms with E-state index in [1.807, 2.05) is 41.0 Å². The predicted octanol–water partition coefficient (Wildman–Crippen LogP) is 4.11. The maximum Gasteiger partial charge on any atom is 0.333 e. The van der Waals surface area contributed by atoms with Gasteiger partial charge in [-0.1, -0.05) is 23.7 Å². The van der Waals surface area contributed by atoms with Crippen molar-refractivity contribution in [1.82, 2.24) is 39.4 Å². The smallest absolute Gasteiger partial charge is 0.333 e. The number of aryl methyl sites for hydroxylation is 1. The molecule has 0 radical (unpaired) electrons. The number of nitrogens with zero attached hydrogens (tertiary/aromatic N) is 7. The van der Waals surface area contributed by atoms with Crippen LogP contribution in [0.1, 0.15) is 41.7 Å². The Bertz CT molecular complexity index is 1700. The topological polar surface area (TPSA) is 113 Å². The average Bonchev–Trinajstić information content (AvgIpc) is 3.58. The minimum Gasteiger partial charge on any atom is -0.349 e. The number of hydrogen-bond donors (Lipinski definition) is 1. The van der Waals surface area contributed by atoms with Crippen LogP contribution in [-0.2, 0) is 6.54 Å². The molecule has 11 heteroatoms. The summed E-state index contributed by atoms with van der Waals surface area (Å²) in [4.78, 5) is 36.6. The van der Waals surface area contributed by atoms with Gasteiger partial charge < -0.3 is 5.32 Å². The van der Waals surface area contributed by atoms with E-state index in [0.717, 1.165) is 36.7 Å². The molecule has 0 atom stereocenters. The zero-order valence-electron chi connectivity index (χ0n) is 21.4. The van der Waals surface area contributed by atoms with E-state index in [-0.39, 0.29) is 17.6 Å². The maximum atomic E-state index is 13.8. The number of carbonyl (C=O) groups is 1. The number of aromatic nitrogens is 7. The van der Waals surface area contributed by atoms with E-state index in [9.17, 15) is 9.59 Å². The molecule has 1 fully saturated rings. The van der Waals surface area contributed by atoms with Gasteiger partial charge in [-0.15, -0.1) is 4.80 Å². The van der Waals surface area contributed by atoms with Crippen LogP contribution >= 0.6 is 11.6 Å². The molecule has 1 saturated carbocycles. The Labute approximate surface area is 229 Å². The summed E-state index contributed by atoms with van der Waals surface area (Å²) < 4.78 is 3.59. The fourth-order valence-electron chi connectivity index (χ4n) is 5.37. The fraction of sp³-hybridized carbons (Fsp3) is 0.286. The van der Waals surface area contributed by atoms with Crippen molar-refractivity contribution in [2.45, 2.75) is 45.2 Å². The van der Waals surface area contributed by atoms with Gasteiger partial charge in [-0.3, -0.25) is 18.9 Å². The molecule has 198 valence electrons. The third-order valence-corrected chi connectivity index (χ3v) is 7.57. The van der Waals surface area contributed by atoms with Crippen molar-refractivity contribution < 1.29 is 4.79 Å². The first-order valence-electron chi connectivity index (χ1n) is 12.9. The van der Waals surface area contributed by atoms with Crippen molar-refractivity contribution in [3.05, 3.63) is 94.0 Å². The molecule has 4 aromatic heterocycles.